The van der Waals surface area contributed by atoms with Gasteiger partial charge in [-0.2, -0.15) is 4.98 Å². The normalized spacial score (nSPS) is 13.2. The molecule has 1 aromatic carbocycles. The number of nitrogen functional groups attached to an aromatic ring is 1. The third-order valence-electron chi connectivity index (χ3n) is 4.58. The smallest absolute Gasteiger partial charge is 0.222 e. The predicted octanol–water partition coefficient (Wildman–Crippen LogP) is 4.31. The average molecular weight is 342 g/mol. The number of ether oxygens (including phenoxy) is 1. The Hall–Kier alpha value is -2.30. The van der Waals surface area contributed by atoms with Gasteiger partial charge in [0.25, 0.3) is 0 Å². The van der Waals surface area contributed by atoms with E-state index in [1.54, 1.807) is 6.20 Å². The molecule has 2 atom stereocenters. The van der Waals surface area contributed by atoms with E-state index < -0.39 is 0 Å². The number of hydrogen-bond acceptors (Lipinski definition) is 5. The van der Waals surface area contributed by atoms with Crippen LogP contribution in [0.5, 0.6) is 5.75 Å². The second kappa shape index (κ2) is 9.87. The van der Waals surface area contributed by atoms with Crippen molar-refractivity contribution in [3.05, 3.63) is 42.1 Å². The Balaban J connectivity index is 1.95. The minimum absolute atomic E-state index is 0.262. The molecule has 0 saturated heterocycles. The number of aromatic nitrogens is 2. The van der Waals surface area contributed by atoms with Crippen LogP contribution in [0.4, 0.5) is 11.8 Å². The number of nitrogens with two attached hydrogens (primary N) is 1. The van der Waals surface area contributed by atoms with Crippen LogP contribution < -0.4 is 15.8 Å². The third kappa shape index (κ3) is 5.93. The van der Waals surface area contributed by atoms with Gasteiger partial charge in [-0.25, -0.2) is 4.98 Å². The highest BCUT2D eigenvalue weighted by molar-refractivity contribution is 5.51. The molecule has 25 heavy (non-hydrogen) atoms. The van der Waals surface area contributed by atoms with E-state index >= 15 is 0 Å². The molecule has 136 valence electrons. The first-order valence-electron chi connectivity index (χ1n) is 9.19. The minimum atomic E-state index is 0.262. The molecule has 0 fully saturated rings. The first-order chi connectivity index (χ1) is 12.1. The highest BCUT2D eigenvalue weighted by atomic mass is 16.5. The van der Waals surface area contributed by atoms with E-state index in [0.29, 0.717) is 30.1 Å². The van der Waals surface area contributed by atoms with Gasteiger partial charge in [0.05, 0.1) is 12.8 Å². The number of rotatable bonds is 10. The predicted molar refractivity (Wildman–Crippen MR) is 104 cm³/mol. The molecule has 0 saturated carbocycles. The number of aryl methyl sites for hydroxylation is 1. The van der Waals surface area contributed by atoms with Gasteiger partial charge in [0.1, 0.15) is 0 Å². The van der Waals surface area contributed by atoms with E-state index in [4.69, 9.17) is 10.5 Å². The first kappa shape index (κ1) is 19.0. The Labute approximate surface area is 151 Å². The summed E-state index contributed by atoms with van der Waals surface area (Å²) in [6.07, 6.45) is 5.72. The van der Waals surface area contributed by atoms with Crippen molar-refractivity contribution in [1.29, 1.82) is 0 Å². The molecule has 0 aliphatic heterocycles. The van der Waals surface area contributed by atoms with E-state index in [1.165, 1.54) is 5.56 Å². The summed E-state index contributed by atoms with van der Waals surface area (Å²) in [6.45, 7) is 7.24. The third-order valence-corrected chi connectivity index (χ3v) is 4.58. The number of hydrogen-bond donors (Lipinski definition) is 2. The van der Waals surface area contributed by atoms with Crippen LogP contribution >= 0.6 is 0 Å². The molecule has 3 N–H and O–H groups in total. The monoisotopic (exact) mass is 342 g/mol. The van der Waals surface area contributed by atoms with Crippen LogP contribution in [0.2, 0.25) is 0 Å². The Morgan fingerprint density at radius 3 is 2.60 bits per heavy atom. The average Bonchev–Trinajstić information content (AvgIpc) is 2.64. The quantitative estimate of drug-likeness (QED) is 0.630. The van der Waals surface area contributed by atoms with Gasteiger partial charge in [0.15, 0.2) is 11.6 Å². The van der Waals surface area contributed by atoms with Gasteiger partial charge in [0.2, 0.25) is 5.95 Å². The molecule has 0 aliphatic rings. The van der Waals surface area contributed by atoms with Gasteiger partial charge in [-0.05, 0) is 30.7 Å². The summed E-state index contributed by atoms with van der Waals surface area (Å²) >= 11 is 0. The van der Waals surface area contributed by atoms with E-state index in [1.807, 2.05) is 6.07 Å². The molecule has 0 radical (unpaired) electrons. The Morgan fingerprint density at radius 1 is 1.16 bits per heavy atom. The Morgan fingerprint density at radius 2 is 1.92 bits per heavy atom. The van der Waals surface area contributed by atoms with Crippen LogP contribution in [0.3, 0.4) is 0 Å². The number of benzene rings is 1. The highest BCUT2D eigenvalue weighted by Gasteiger charge is 2.17. The second-order valence-electron chi connectivity index (χ2n) is 6.42. The van der Waals surface area contributed by atoms with Crippen molar-refractivity contribution in [2.75, 3.05) is 17.7 Å². The summed E-state index contributed by atoms with van der Waals surface area (Å²) in [7, 11) is 0. The van der Waals surface area contributed by atoms with Crippen molar-refractivity contribution in [3.63, 3.8) is 0 Å². The maximum absolute atomic E-state index is 5.93. The molecular weight excluding hydrogens is 312 g/mol. The van der Waals surface area contributed by atoms with Crippen molar-refractivity contribution in [1.82, 2.24) is 9.97 Å². The van der Waals surface area contributed by atoms with Gasteiger partial charge in [-0.3, -0.25) is 0 Å². The number of nitrogens with zero attached hydrogens (tertiary/aromatic N) is 2. The van der Waals surface area contributed by atoms with Gasteiger partial charge >= 0.3 is 0 Å². The summed E-state index contributed by atoms with van der Waals surface area (Å²) in [5.74, 6) is 2.17. The standard InChI is InChI=1S/C20H30N4O/c1-4-15(3)17(5-2)23-19-18(14-22-20(21)24-19)25-13-9-12-16-10-7-6-8-11-16/h6-8,10-11,14-15,17H,4-5,9,12-13H2,1-3H3,(H3,21,22,23,24)/t15-,17+/m0/s1. The maximum atomic E-state index is 5.93. The molecule has 0 spiro atoms. The van der Waals surface area contributed by atoms with Crippen LogP contribution in [0.15, 0.2) is 36.5 Å². The SMILES string of the molecule is CC[C@H](C)[C@@H](CC)Nc1nc(N)ncc1OCCCc1ccccc1. The molecule has 0 unspecified atom stereocenters. The van der Waals surface area contributed by atoms with Crippen molar-refractivity contribution < 1.29 is 4.74 Å². The van der Waals surface area contributed by atoms with Crippen molar-refractivity contribution >= 4 is 11.8 Å². The number of anilines is 2. The van der Waals surface area contributed by atoms with Crippen LogP contribution in [0, 0.1) is 5.92 Å². The van der Waals surface area contributed by atoms with E-state index in [9.17, 15) is 0 Å². The lowest BCUT2D eigenvalue weighted by Gasteiger charge is -2.24. The number of nitrogens with one attached hydrogen (secondary N) is 1. The molecule has 0 amide bonds. The van der Waals surface area contributed by atoms with Crippen molar-refractivity contribution in [2.45, 2.75) is 52.5 Å². The van der Waals surface area contributed by atoms with Gasteiger partial charge in [-0.1, -0.05) is 57.5 Å². The molecule has 2 rings (SSSR count). The molecule has 0 bridgehead atoms. The van der Waals surface area contributed by atoms with Crippen molar-refractivity contribution in [3.8, 4) is 5.75 Å². The van der Waals surface area contributed by atoms with Crippen LogP contribution in [-0.4, -0.2) is 22.6 Å². The fourth-order valence-electron chi connectivity index (χ4n) is 2.80. The molecule has 5 nitrogen and oxygen atoms in total. The minimum Gasteiger partial charge on any atom is -0.488 e. The lowest BCUT2D eigenvalue weighted by atomic mass is 9.97. The largest absolute Gasteiger partial charge is 0.488 e. The topological polar surface area (TPSA) is 73.1 Å². The van der Waals surface area contributed by atoms with Gasteiger partial charge in [-0.15, -0.1) is 0 Å². The first-order valence-corrected chi connectivity index (χ1v) is 9.19. The lowest BCUT2D eigenvalue weighted by molar-refractivity contribution is 0.309. The maximum Gasteiger partial charge on any atom is 0.222 e. The second-order valence-corrected chi connectivity index (χ2v) is 6.42. The van der Waals surface area contributed by atoms with E-state index in [2.05, 4.69) is 60.3 Å². The molecule has 2 aromatic rings. The van der Waals surface area contributed by atoms with Crippen LogP contribution in [0.25, 0.3) is 0 Å². The summed E-state index contributed by atoms with van der Waals surface area (Å²) < 4.78 is 5.93. The zero-order chi connectivity index (χ0) is 18.1. The molecular formula is C20H30N4O. The van der Waals surface area contributed by atoms with Crippen LogP contribution in [0.1, 0.15) is 45.6 Å². The zero-order valence-corrected chi connectivity index (χ0v) is 15.5. The van der Waals surface area contributed by atoms with E-state index in [-0.39, 0.29) is 5.95 Å². The summed E-state index contributed by atoms with van der Waals surface area (Å²) in [4.78, 5) is 8.42. The summed E-state index contributed by atoms with van der Waals surface area (Å²) in [6, 6.07) is 10.8. The van der Waals surface area contributed by atoms with Gasteiger partial charge in [0, 0.05) is 6.04 Å². The zero-order valence-electron chi connectivity index (χ0n) is 15.5. The summed E-state index contributed by atoms with van der Waals surface area (Å²) in [5.41, 5.74) is 7.09. The molecule has 0 aliphatic carbocycles. The molecule has 1 aromatic heterocycles. The highest BCUT2D eigenvalue weighted by Crippen LogP contribution is 2.25. The van der Waals surface area contributed by atoms with E-state index in [0.717, 1.165) is 25.7 Å². The molecule has 5 heteroatoms. The summed E-state index contributed by atoms with van der Waals surface area (Å²) in [5, 5.41) is 3.49. The fraction of sp³-hybridized carbons (Fsp3) is 0.500. The van der Waals surface area contributed by atoms with Gasteiger partial charge < -0.3 is 15.8 Å². The molecule has 1 heterocycles. The Bertz CT molecular complexity index is 633. The van der Waals surface area contributed by atoms with Crippen LogP contribution in [-0.2, 0) is 6.42 Å². The lowest BCUT2D eigenvalue weighted by Crippen LogP contribution is -2.27. The fourth-order valence-corrected chi connectivity index (χ4v) is 2.80. The Kier molecular flexibility index (Phi) is 7.51. The van der Waals surface area contributed by atoms with Crippen molar-refractivity contribution in [2.24, 2.45) is 5.92 Å².